The van der Waals surface area contributed by atoms with Gasteiger partial charge in [0.2, 0.25) is 0 Å². The minimum atomic E-state index is -0.210. The summed E-state index contributed by atoms with van der Waals surface area (Å²) in [5, 5.41) is 6.06. The zero-order valence-corrected chi connectivity index (χ0v) is 12.4. The van der Waals surface area contributed by atoms with Gasteiger partial charge < -0.3 is 10.1 Å². The van der Waals surface area contributed by atoms with Crippen LogP contribution in [0, 0.1) is 6.92 Å². The highest BCUT2D eigenvalue weighted by atomic mass is 32.1. The first-order chi connectivity index (χ1) is 9.67. The number of ether oxygens (including phenoxy) is 1. The number of carbonyl (C=O) groups is 1. The van der Waals surface area contributed by atoms with Crippen LogP contribution in [-0.4, -0.2) is 23.0 Å². The van der Waals surface area contributed by atoms with Gasteiger partial charge in [-0.1, -0.05) is 6.07 Å². The Morgan fingerprint density at radius 1 is 1.45 bits per heavy atom. The van der Waals surface area contributed by atoms with Gasteiger partial charge in [-0.25, -0.2) is 4.98 Å². The fraction of sp³-hybridized carbons (Fsp3) is 0.357. The molecular formula is C14H17N3O2S. The van der Waals surface area contributed by atoms with E-state index in [1.807, 2.05) is 30.6 Å². The van der Waals surface area contributed by atoms with Crippen LogP contribution in [0.1, 0.15) is 23.4 Å². The lowest BCUT2D eigenvalue weighted by atomic mass is 10.2. The molecule has 1 N–H and O–H groups in total. The van der Waals surface area contributed by atoms with Crippen molar-refractivity contribution in [3.63, 3.8) is 0 Å². The van der Waals surface area contributed by atoms with E-state index in [4.69, 9.17) is 0 Å². The van der Waals surface area contributed by atoms with E-state index in [-0.39, 0.29) is 5.97 Å². The van der Waals surface area contributed by atoms with E-state index in [1.165, 1.54) is 18.4 Å². The summed E-state index contributed by atoms with van der Waals surface area (Å²) in [4.78, 5) is 19.7. The quantitative estimate of drug-likeness (QED) is 0.829. The Kier molecular flexibility index (Phi) is 5.06. The van der Waals surface area contributed by atoms with Gasteiger partial charge in [0.05, 0.1) is 19.2 Å². The molecule has 0 fully saturated rings. The number of nitrogens with one attached hydrogen (secondary N) is 1. The zero-order chi connectivity index (χ0) is 14.4. The highest BCUT2D eigenvalue weighted by Crippen LogP contribution is 2.17. The molecule has 0 radical (unpaired) electrons. The summed E-state index contributed by atoms with van der Waals surface area (Å²) in [6.45, 7) is 2.66. The normalized spacial score (nSPS) is 10.3. The summed E-state index contributed by atoms with van der Waals surface area (Å²) in [6.07, 6.45) is 2.83. The fourth-order valence-electron chi connectivity index (χ4n) is 1.62. The van der Waals surface area contributed by atoms with Crippen LogP contribution in [0.25, 0.3) is 0 Å². The standard InChI is InChI=1S/C14H17N3O2S/c1-10-3-4-11(7-15-10)8-16-14-17-12(9-20-14)5-6-13(18)19-2/h3-4,7,9H,5-6,8H2,1-2H3,(H,16,17). The average Bonchev–Trinajstić information content (AvgIpc) is 2.92. The van der Waals surface area contributed by atoms with Crippen molar-refractivity contribution in [3.8, 4) is 0 Å². The Morgan fingerprint density at radius 2 is 2.30 bits per heavy atom. The van der Waals surface area contributed by atoms with Gasteiger partial charge in [0.15, 0.2) is 5.13 Å². The second-order valence-electron chi connectivity index (χ2n) is 4.38. The van der Waals surface area contributed by atoms with Crippen molar-refractivity contribution < 1.29 is 9.53 Å². The smallest absolute Gasteiger partial charge is 0.305 e. The summed E-state index contributed by atoms with van der Waals surface area (Å²) >= 11 is 1.54. The number of aryl methyl sites for hydroxylation is 2. The highest BCUT2D eigenvalue weighted by molar-refractivity contribution is 7.13. The van der Waals surface area contributed by atoms with Crippen molar-refractivity contribution in [1.82, 2.24) is 9.97 Å². The third kappa shape index (κ3) is 4.31. The number of carbonyl (C=O) groups excluding carboxylic acids is 1. The van der Waals surface area contributed by atoms with Crippen molar-refractivity contribution in [2.45, 2.75) is 26.3 Å². The molecule has 0 aliphatic rings. The Morgan fingerprint density at radius 3 is 3.00 bits per heavy atom. The molecule has 106 valence electrons. The molecule has 0 amide bonds. The Balaban J connectivity index is 1.83. The molecule has 2 aromatic heterocycles. The maximum atomic E-state index is 11.1. The molecule has 5 nitrogen and oxygen atoms in total. The van der Waals surface area contributed by atoms with E-state index < -0.39 is 0 Å². The van der Waals surface area contributed by atoms with Gasteiger partial charge in [-0.3, -0.25) is 9.78 Å². The maximum absolute atomic E-state index is 11.1. The van der Waals surface area contributed by atoms with E-state index in [0.717, 1.165) is 22.1 Å². The molecule has 2 aromatic rings. The van der Waals surface area contributed by atoms with Crippen LogP contribution in [0.5, 0.6) is 0 Å². The lowest BCUT2D eigenvalue weighted by molar-refractivity contribution is -0.140. The van der Waals surface area contributed by atoms with Crippen LogP contribution in [0.3, 0.4) is 0 Å². The third-order valence-corrected chi connectivity index (χ3v) is 3.63. The predicted octanol–water partition coefficient (Wildman–Crippen LogP) is 2.56. The van der Waals surface area contributed by atoms with E-state index >= 15 is 0 Å². The molecule has 0 spiro atoms. The van der Waals surface area contributed by atoms with Crippen molar-refractivity contribution >= 4 is 22.4 Å². The second-order valence-corrected chi connectivity index (χ2v) is 5.24. The number of pyridine rings is 1. The van der Waals surface area contributed by atoms with E-state index in [2.05, 4.69) is 20.0 Å². The Hall–Kier alpha value is -1.95. The van der Waals surface area contributed by atoms with Gasteiger partial charge in [0, 0.05) is 30.2 Å². The van der Waals surface area contributed by atoms with Crippen molar-refractivity contribution in [2.24, 2.45) is 0 Å². The highest BCUT2D eigenvalue weighted by Gasteiger charge is 2.05. The number of hydrogen-bond donors (Lipinski definition) is 1. The Bertz CT molecular complexity index is 566. The predicted molar refractivity (Wildman–Crippen MR) is 78.8 cm³/mol. The van der Waals surface area contributed by atoms with Crippen LogP contribution in [0.15, 0.2) is 23.7 Å². The van der Waals surface area contributed by atoms with Gasteiger partial charge in [0.25, 0.3) is 0 Å². The molecule has 0 aromatic carbocycles. The van der Waals surface area contributed by atoms with Crippen molar-refractivity contribution in [3.05, 3.63) is 40.7 Å². The molecular weight excluding hydrogens is 274 g/mol. The van der Waals surface area contributed by atoms with Crippen LogP contribution < -0.4 is 5.32 Å². The molecule has 0 aliphatic heterocycles. The summed E-state index contributed by atoms with van der Waals surface area (Å²) in [7, 11) is 1.39. The summed E-state index contributed by atoms with van der Waals surface area (Å²) in [5.41, 5.74) is 3.03. The molecule has 2 rings (SSSR count). The van der Waals surface area contributed by atoms with Crippen molar-refractivity contribution in [2.75, 3.05) is 12.4 Å². The van der Waals surface area contributed by atoms with Crippen LogP contribution >= 0.6 is 11.3 Å². The molecule has 20 heavy (non-hydrogen) atoms. The molecule has 6 heteroatoms. The number of aromatic nitrogens is 2. The molecule has 0 bridgehead atoms. The average molecular weight is 291 g/mol. The SMILES string of the molecule is COC(=O)CCc1csc(NCc2ccc(C)nc2)n1. The van der Waals surface area contributed by atoms with Gasteiger partial charge in [-0.2, -0.15) is 0 Å². The van der Waals surface area contributed by atoms with Gasteiger partial charge in [0.1, 0.15) is 0 Å². The first-order valence-electron chi connectivity index (χ1n) is 6.34. The van der Waals surface area contributed by atoms with E-state index in [9.17, 15) is 4.79 Å². The lowest BCUT2D eigenvalue weighted by Crippen LogP contribution is -2.03. The van der Waals surface area contributed by atoms with Crippen LogP contribution in [-0.2, 0) is 22.5 Å². The van der Waals surface area contributed by atoms with E-state index in [1.54, 1.807) is 0 Å². The number of hydrogen-bond acceptors (Lipinski definition) is 6. The third-order valence-electron chi connectivity index (χ3n) is 2.78. The van der Waals surface area contributed by atoms with Gasteiger partial charge >= 0.3 is 5.97 Å². The minimum Gasteiger partial charge on any atom is -0.469 e. The minimum absolute atomic E-state index is 0.210. The summed E-state index contributed by atoms with van der Waals surface area (Å²) < 4.78 is 4.61. The molecule has 2 heterocycles. The number of anilines is 1. The number of methoxy groups -OCH3 is 1. The van der Waals surface area contributed by atoms with E-state index in [0.29, 0.717) is 19.4 Å². The molecule has 0 atom stereocenters. The maximum Gasteiger partial charge on any atom is 0.305 e. The number of esters is 1. The van der Waals surface area contributed by atoms with Crippen LogP contribution in [0.4, 0.5) is 5.13 Å². The number of thiazole rings is 1. The summed E-state index contributed by atoms with van der Waals surface area (Å²) in [5.74, 6) is -0.210. The summed E-state index contributed by atoms with van der Waals surface area (Å²) in [6, 6.07) is 4.03. The topological polar surface area (TPSA) is 64.1 Å². The molecule has 0 aliphatic carbocycles. The molecule has 0 saturated heterocycles. The number of rotatable bonds is 6. The van der Waals surface area contributed by atoms with Gasteiger partial charge in [-0.05, 0) is 18.6 Å². The van der Waals surface area contributed by atoms with Crippen molar-refractivity contribution in [1.29, 1.82) is 0 Å². The monoisotopic (exact) mass is 291 g/mol. The molecule has 0 unspecified atom stereocenters. The largest absolute Gasteiger partial charge is 0.469 e. The molecule has 0 saturated carbocycles. The first-order valence-corrected chi connectivity index (χ1v) is 7.22. The van der Waals surface area contributed by atoms with Gasteiger partial charge in [-0.15, -0.1) is 11.3 Å². The first kappa shape index (κ1) is 14.5. The number of nitrogens with zero attached hydrogens (tertiary/aromatic N) is 2. The van der Waals surface area contributed by atoms with Crippen LogP contribution in [0.2, 0.25) is 0 Å². The second kappa shape index (κ2) is 7.00. The fourth-order valence-corrected chi connectivity index (χ4v) is 2.36. The lowest BCUT2D eigenvalue weighted by Gasteiger charge is -2.02. The zero-order valence-electron chi connectivity index (χ0n) is 11.5. The Labute approximate surface area is 122 Å².